The van der Waals surface area contributed by atoms with Gasteiger partial charge in [0.05, 0.1) is 0 Å². The molecule has 94 valence electrons. The zero-order valence-corrected chi connectivity index (χ0v) is 10.8. The number of aryl methyl sites for hydroxylation is 1. The maximum atomic E-state index is 10.9. The largest absolute Gasteiger partial charge is 0.427 e. The summed E-state index contributed by atoms with van der Waals surface area (Å²) in [5, 5.41) is 0. The Morgan fingerprint density at radius 3 is 2.67 bits per heavy atom. The van der Waals surface area contributed by atoms with Crippen molar-refractivity contribution in [2.45, 2.75) is 32.6 Å². The van der Waals surface area contributed by atoms with E-state index in [1.807, 2.05) is 12.1 Å². The van der Waals surface area contributed by atoms with E-state index in [1.54, 1.807) is 0 Å². The molecule has 2 heteroatoms. The van der Waals surface area contributed by atoms with Gasteiger partial charge in [0.2, 0.25) is 0 Å². The summed E-state index contributed by atoms with van der Waals surface area (Å²) in [5.41, 5.74) is 2.66. The summed E-state index contributed by atoms with van der Waals surface area (Å²) >= 11 is 0. The Morgan fingerprint density at radius 2 is 2.11 bits per heavy atom. The smallest absolute Gasteiger partial charge is 0.308 e. The van der Waals surface area contributed by atoms with Gasteiger partial charge in [-0.2, -0.15) is 0 Å². The number of hydrogen-bond acceptors (Lipinski definition) is 2. The van der Waals surface area contributed by atoms with Crippen LogP contribution in [0.1, 0.15) is 36.8 Å². The van der Waals surface area contributed by atoms with E-state index in [0.717, 1.165) is 5.92 Å². The van der Waals surface area contributed by atoms with Crippen molar-refractivity contribution in [2.24, 2.45) is 11.8 Å². The highest BCUT2D eigenvalue weighted by Gasteiger charge is 2.36. The molecule has 18 heavy (non-hydrogen) atoms. The average molecular weight is 242 g/mol. The van der Waals surface area contributed by atoms with Gasteiger partial charge in [0.25, 0.3) is 0 Å². The number of hydrogen-bond donors (Lipinski definition) is 0. The van der Waals surface area contributed by atoms with Crippen molar-refractivity contribution in [2.75, 3.05) is 0 Å². The number of carbonyl (C=O) groups excluding carboxylic acids is 1. The minimum absolute atomic E-state index is 0.259. The molecule has 3 atom stereocenters. The van der Waals surface area contributed by atoms with Gasteiger partial charge in [-0.15, -0.1) is 0 Å². The fraction of sp³-hybridized carbons (Fsp3) is 0.438. The van der Waals surface area contributed by atoms with Crippen LogP contribution in [0.4, 0.5) is 0 Å². The zero-order valence-electron chi connectivity index (χ0n) is 10.8. The monoisotopic (exact) mass is 242 g/mol. The second-order valence-electron chi connectivity index (χ2n) is 5.50. The molecule has 0 aromatic heterocycles. The topological polar surface area (TPSA) is 26.3 Å². The Balaban J connectivity index is 1.85. The quantitative estimate of drug-likeness (QED) is 0.450. The molecule has 0 aliphatic heterocycles. The maximum absolute atomic E-state index is 10.9. The normalized spacial score (nSPS) is 28.7. The van der Waals surface area contributed by atoms with E-state index >= 15 is 0 Å². The van der Waals surface area contributed by atoms with E-state index in [4.69, 9.17) is 4.74 Å². The van der Waals surface area contributed by atoms with Crippen molar-refractivity contribution < 1.29 is 9.53 Å². The molecule has 1 fully saturated rings. The molecule has 1 aromatic carbocycles. The third-order valence-electron chi connectivity index (χ3n) is 4.18. The van der Waals surface area contributed by atoms with E-state index < -0.39 is 0 Å². The van der Waals surface area contributed by atoms with Gasteiger partial charge in [-0.05, 0) is 60.8 Å². The van der Waals surface area contributed by atoms with Gasteiger partial charge >= 0.3 is 5.97 Å². The summed E-state index contributed by atoms with van der Waals surface area (Å²) in [6.45, 7) is 3.54. The van der Waals surface area contributed by atoms with Crippen LogP contribution in [0.15, 0.2) is 30.4 Å². The molecule has 1 saturated carbocycles. The standard InChI is InChI=1S/C16H18O2/c1-10-7-14(18-11(2)17)5-6-15(10)16-9-12-3-4-13(16)8-12/h3-7,12-13,16H,8-9H2,1-2H3. The molecule has 0 spiro atoms. The highest BCUT2D eigenvalue weighted by atomic mass is 16.5. The molecule has 3 unspecified atom stereocenters. The summed E-state index contributed by atoms with van der Waals surface area (Å²) in [6, 6.07) is 6.03. The van der Waals surface area contributed by atoms with Crippen LogP contribution in [0.5, 0.6) is 5.75 Å². The van der Waals surface area contributed by atoms with E-state index in [9.17, 15) is 4.79 Å². The van der Waals surface area contributed by atoms with Crippen molar-refractivity contribution in [1.29, 1.82) is 0 Å². The number of rotatable bonds is 2. The molecular formula is C16H18O2. The molecule has 2 aliphatic rings. The minimum atomic E-state index is -0.259. The SMILES string of the molecule is CC(=O)Oc1ccc(C2CC3C=CC2C3)c(C)c1. The molecule has 3 rings (SSSR count). The highest BCUT2D eigenvalue weighted by Crippen LogP contribution is 2.49. The van der Waals surface area contributed by atoms with Crippen LogP contribution in [-0.2, 0) is 4.79 Å². The predicted molar refractivity (Wildman–Crippen MR) is 70.6 cm³/mol. The maximum Gasteiger partial charge on any atom is 0.308 e. The van der Waals surface area contributed by atoms with Gasteiger partial charge in [0.1, 0.15) is 5.75 Å². The molecule has 0 N–H and O–H groups in total. The minimum Gasteiger partial charge on any atom is -0.427 e. The number of carbonyl (C=O) groups is 1. The third kappa shape index (κ3) is 1.96. The molecule has 2 nitrogen and oxygen atoms in total. The zero-order chi connectivity index (χ0) is 12.7. The van der Waals surface area contributed by atoms with Crippen LogP contribution in [0.2, 0.25) is 0 Å². The average Bonchev–Trinajstić information content (AvgIpc) is 2.90. The summed E-state index contributed by atoms with van der Waals surface area (Å²) in [5.74, 6) is 2.56. The van der Waals surface area contributed by atoms with Crippen molar-refractivity contribution in [1.82, 2.24) is 0 Å². The Labute approximate surface area is 108 Å². The first-order valence-electron chi connectivity index (χ1n) is 6.61. The summed E-state index contributed by atoms with van der Waals surface area (Å²) in [4.78, 5) is 10.9. The second kappa shape index (κ2) is 4.27. The summed E-state index contributed by atoms with van der Waals surface area (Å²) in [6.07, 6.45) is 7.33. The molecule has 0 saturated heterocycles. The molecule has 0 radical (unpaired) electrons. The lowest BCUT2D eigenvalue weighted by atomic mass is 9.84. The van der Waals surface area contributed by atoms with E-state index in [1.165, 1.54) is 30.9 Å². The van der Waals surface area contributed by atoms with Crippen LogP contribution in [-0.4, -0.2) is 5.97 Å². The molecule has 0 amide bonds. The fourth-order valence-corrected chi connectivity index (χ4v) is 3.43. The van der Waals surface area contributed by atoms with Crippen molar-refractivity contribution in [3.63, 3.8) is 0 Å². The predicted octanol–water partition coefficient (Wildman–Crippen LogP) is 3.60. The van der Waals surface area contributed by atoms with Gasteiger partial charge in [-0.3, -0.25) is 4.79 Å². The van der Waals surface area contributed by atoms with E-state index in [-0.39, 0.29) is 5.97 Å². The molecule has 1 aromatic rings. The summed E-state index contributed by atoms with van der Waals surface area (Å²) < 4.78 is 5.12. The first-order chi connectivity index (χ1) is 8.63. The van der Waals surface area contributed by atoms with Gasteiger partial charge in [0.15, 0.2) is 0 Å². The second-order valence-corrected chi connectivity index (χ2v) is 5.50. The van der Waals surface area contributed by atoms with Gasteiger partial charge in [0, 0.05) is 6.92 Å². The first-order valence-corrected chi connectivity index (χ1v) is 6.61. The Kier molecular flexibility index (Phi) is 2.73. The number of benzene rings is 1. The number of allylic oxidation sites excluding steroid dienone is 2. The van der Waals surface area contributed by atoms with Crippen molar-refractivity contribution >= 4 is 5.97 Å². The highest BCUT2D eigenvalue weighted by molar-refractivity contribution is 5.69. The Bertz CT molecular complexity index is 516. The molecular weight excluding hydrogens is 224 g/mol. The number of esters is 1. The van der Waals surface area contributed by atoms with Crippen LogP contribution >= 0.6 is 0 Å². The summed E-state index contributed by atoms with van der Waals surface area (Å²) in [7, 11) is 0. The molecule has 2 aliphatic carbocycles. The van der Waals surface area contributed by atoms with Crippen LogP contribution in [0.25, 0.3) is 0 Å². The molecule has 2 bridgehead atoms. The number of fused-ring (bicyclic) bond motifs is 2. The molecule has 0 heterocycles. The van der Waals surface area contributed by atoms with Crippen LogP contribution in [0, 0.1) is 18.8 Å². The lowest BCUT2D eigenvalue weighted by Crippen LogP contribution is -2.07. The third-order valence-corrected chi connectivity index (χ3v) is 4.18. The van der Waals surface area contributed by atoms with E-state index in [0.29, 0.717) is 17.6 Å². The van der Waals surface area contributed by atoms with Crippen molar-refractivity contribution in [3.8, 4) is 5.75 Å². The van der Waals surface area contributed by atoms with Crippen molar-refractivity contribution in [3.05, 3.63) is 41.5 Å². The fourth-order valence-electron chi connectivity index (χ4n) is 3.43. The Morgan fingerprint density at radius 1 is 1.28 bits per heavy atom. The van der Waals surface area contributed by atoms with Gasteiger partial charge < -0.3 is 4.74 Å². The lowest BCUT2D eigenvalue weighted by molar-refractivity contribution is -0.131. The van der Waals surface area contributed by atoms with Crippen LogP contribution < -0.4 is 4.74 Å². The lowest BCUT2D eigenvalue weighted by Gasteiger charge is -2.21. The van der Waals surface area contributed by atoms with E-state index in [2.05, 4.69) is 25.1 Å². The number of ether oxygens (including phenoxy) is 1. The Hall–Kier alpha value is -1.57. The van der Waals surface area contributed by atoms with Gasteiger partial charge in [-0.1, -0.05) is 18.2 Å². The van der Waals surface area contributed by atoms with Gasteiger partial charge in [-0.25, -0.2) is 0 Å². The van der Waals surface area contributed by atoms with Crippen LogP contribution in [0.3, 0.4) is 0 Å². The first kappa shape index (κ1) is 11.5.